The normalized spacial score (nSPS) is 8.67. The molecule has 0 aliphatic rings. The van der Waals surface area contributed by atoms with E-state index in [2.05, 4.69) is 30.6 Å². The fraction of sp³-hybridized carbons (Fsp3) is 0. The van der Waals surface area contributed by atoms with Gasteiger partial charge in [0.25, 0.3) is 16.7 Å². The maximum atomic E-state index is 9.98. The molecule has 9 heteroatoms. The van der Waals surface area contributed by atoms with Crippen molar-refractivity contribution in [2.75, 3.05) is 0 Å². The summed E-state index contributed by atoms with van der Waals surface area (Å²) < 4.78 is 0. The first kappa shape index (κ1) is 13.1. The highest BCUT2D eigenvalue weighted by Gasteiger charge is 1.71. The highest BCUT2D eigenvalue weighted by molar-refractivity contribution is 4.76. The first-order valence-electron chi connectivity index (χ1n) is 4.84. The Kier molecular flexibility index (Phi) is 5.33. The predicted octanol–water partition coefficient (Wildman–Crippen LogP) is -0.891. The molecule has 0 aromatic carbocycles. The zero-order chi connectivity index (χ0) is 13.2. The third kappa shape index (κ3) is 5.80. The molecule has 0 amide bonds. The lowest BCUT2D eigenvalue weighted by Gasteiger charge is -1.55. The van der Waals surface area contributed by atoms with Gasteiger partial charge < -0.3 is 15.3 Å². The highest BCUT2D eigenvalue weighted by atomic mass is 16.1. The molecule has 0 bridgehead atoms. The van der Waals surface area contributed by atoms with E-state index in [0.29, 0.717) is 0 Å². The van der Waals surface area contributed by atoms with Crippen molar-refractivity contribution in [2.45, 2.75) is 0 Å². The van der Waals surface area contributed by atoms with Crippen molar-refractivity contribution in [1.82, 2.24) is 30.6 Å². The van der Waals surface area contributed by atoms with Gasteiger partial charge in [-0.3, -0.25) is 29.7 Å². The molecule has 6 N–H and O–H groups in total. The van der Waals surface area contributed by atoms with Crippen LogP contribution in [0.5, 0.6) is 0 Å². The van der Waals surface area contributed by atoms with Crippen LogP contribution in [0, 0.1) is 0 Å². The Morgan fingerprint density at radius 3 is 0.889 bits per heavy atom. The van der Waals surface area contributed by atoms with Crippen LogP contribution in [0.3, 0.4) is 0 Å². The fourth-order valence-electron chi connectivity index (χ4n) is 0.815. The van der Waals surface area contributed by atoms with E-state index in [0.717, 1.165) is 0 Å². The summed E-state index contributed by atoms with van der Waals surface area (Å²) in [7, 11) is 0. The Morgan fingerprint density at radius 2 is 0.833 bits per heavy atom. The van der Waals surface area contributed by atoms with Gasteiger partial charge in [-0.25, -0.2) is 0 Å². The maximum Gasteiger partial charge on any atom is 0.263 e. The van der Waals surface area contributed by atoms with E-state index in [4.69, 9.17) is 0 Å². The van der Waals surface area contributed by atoms with Crippen molar-refractivity contribution < 1.29 is 0 Å². The lowest BCUT2D eigenvalue weighted by atomic mass is 10.7. The average molecular weight is 252 g/mol. The second-order valence-corrected chi connectivity index (χ2v) is 2.90. The van der Waals surface area contributed by atoms with Crippen molar-refractivity contribution in [2.24, 2.45) is 0 Å². The Morgan fingerprint density at radius 1 is 0.556 bits per heavy atom. The minimum Gasteiger partial charge on any atom is -0.305 e. The van der Waals surface area contributed by atoms with Gasteiger partial charge in [0.2, 0.25) is 0 Å². The molecule has 0 saturated heterocycles. The van der Waals surface area contributed by atoms with Gasteiger partial charge in [0.15, 0.2) is 0 Å². The summed E-state index contributed by atoms with van der Waals surface area (Å²) in [4.78, 5) is 29.9. The van der Waals surface area contributed by atoms with Gasteiger partial charge in [0, 0.05) is 36.8 Å². The Bertz CT molecular complexity index is 535. The summed E-state index contributed by atoms with van der Waals surface area (Å²) in [5.74, 6) is 0. The van der Waals surface area contributed by atoms with Crippen LogP contribution >= 0.6 is 0 Å². The van der Waals surface area contributed by atoms with E-state index in [9.17, 15) is 14.4 Å². The van der Waals surface area contributed by atoms with E-state index >= 15 is 0 Å². The van der Waals surface area contributed by atoms with E-state index in [1.54, 1.807) is 18.6 Å². The summed E-state index contributed by atoms with van der Waals surface area (Å²) in [6.07, 6.45) is 4.63. The van der Waals surface area contributed by atoms with Crippen LogP contribution in [0.15, 0.2) is 51.2 Å². The molecule has 0 aliphatic carbocycles. The SMILES string of the molecule is O=c1cc[nH][nH]1.O=c1cc[nH][nH]1.O=c1cc[nH][nH]1. The van der Waals surface area contributed by atoms with E-state index in [1.807, 2.05) is 0 Å². The van der Waals surface area contributed by atoms with Gasteiger partial charge in [0.05, 0.1) is 0 Å². The predicted molar refractivity (Wildman–Crippen MR) is 64.2 cm³/mol. The molecule has 0 fully saturated rings. The molecule has 0 spiro atoms. The molecule has 9 nitrogen and oxygen atoms in total. The lowest BCUT2D eigenvalue weighted by Crippen LogP contribution is -1.93. The first-order valence-corrected chi connectivity index (χ1v) is 4.84. The highest BCUT2D eigenvalue weighted by Crippen LogP contribution is 1.54. The number of nitrogens with one attached hydrogen (secondary N) is 6. The van der Waals surface area contributed by atoms with Crippen LogP contribution in [0.4, 0.5) is 0 Å². The maximum absolute atomic E-state index is 9.98. The molecule has 0 atom stereocenters. The van der Waals surface area contributed by atoms with Crippen molar-refractivity contribution in [1.29, 1.82) is 0 Å². The van der Waals surface area contributed by atoms with Crippen LogP contribution in [0.25, 0.3) is 0 Å². The molecule has 18 heavy (non-hydrogen) atoms. The van der Waals surface area contributed by atoms with E-state index in [1.165, 1.54) is 18.2 Å². The van der Waals surface area contributed by atoms with Crippen molar-refractivity contribution in [3.63, 3.8) is 0 Å². The number of hydrogen-bond acceptors (Lipinski definition) is 3. The van der Waals surface area contributed by atoms with Crippen LogP contribution in [0.1, 0.15) is 0 Å². The van der Waals surface area contributed by atoms with Gasteiger partial charge in [-0.15, -0.1) is 0 Å². The molecular formula is C9H12N6O3. The smallest absolute Gasteiger partial charge is 0.263 e. The minimum atomic E-state index is -0.0880. The third-order valence-electron chi connectivity index (χ3n) is 1.54. The number of rotatable bonds is 0. The second kappa shape index (κ2) is 7.33. The minimum absolute atomic E-state index is 0.0880. The molecule has 0 unspecified atom stereocenters. The van der Waals surface area contributed by atoms with Crippen molar-refractivity contribution in [3.8, 4) is 0 Å². The number of hydrogen-bond donors (Lipinski definition) is 6. The molecule has 96 valence electrons. The zero-order valence-corrected chi connectivity index (χ0v) is 9.19. The molecule has 0 aliphatic heterocycles. The molecular weight excluding hydrogens is 240 g/mol. The van der Waals surface area contributed by atoms with Gasteiger partial charge in [-0.05, 0) is 0 Å². The third-order valence-corrected chi connectivity index (χ3v) is 1.54. The number of H-pyrrole nitrogens is 6. The van der Waals surface area contributed by atoms with Crippen LogP contribution in [-0.4, -0.2) is 30.6 Å². The Labute approximate surface area is 99.2 Å². The zero-order valence-electron chi connectivity index (χ0n) is 9.19. The van der Waals surface area contributed by atoms with E-state index < -0.39 is 0 Å². The topological polar surface area (TPSA) is 146 Å². The summed E-state index contributed by atoms with van der Waals surface area (Å²) in [6.45, 7) is 0. The van der Waals surface area contributed by atoms with Gasteiger partial charge in [0.1, 0.15) is 0 Å². The Balaban J connectivity index is 0.000000135. The fourth-order valence-corrected chi connectivity index (χ4v) is 0.815. The van der Waals surface area contributed by atoms with Crippen LogP contribution in [-0.2, 0) is 0 Å². The standard InChI is InChI=1S/3C3H4N2O/c3*6-3-1-2-4-5-3/h3*1-2H,(H2,4,5,6). The molecule has 3 aromatic heterocycles. The molecule has 3 rings (SSSR count). The molecule has 0 radical (unpaired) electrons. The quantitative estimate of drug-likeness (QED) is 0.308. The average Bonchev–Trinajstić information content (AvgIpc) is 3.05. The molecule has 0 saturated carbocycles. The largest absolute Gasteiger partial charge is 0.305 e. The van der Waals surface area contributed by atoms with Crippen molar-refractivity contribution in [3.05, 3.63) is 67.9 Å². The Hall–Kier alpha value is -2.97. The number of aromatic nitrogens is 6. The summed E-state index contributed by atoms with van der Waals surface area (Å²) >= 11 is 0. The summed E-state index contributed by atoms with van der Waals surface area (Å²) in [5.41, 5.74) is -0.264. The number of aromatic amines is 6. The van der Waals surface area contributed by atoms with Crippen LogP contribution in [0.2, 0.25) is 0 Å². The summed E-state index contributed by atoms with van der Waals surface area (Å²) in [6, 6.07) is 4.25. The van der Waals surface area contributed by atoms with Gasteiger partial charge in [-0.2, -0.15) is 0 Å². The van der Waals surface area contributed by atoms with Gasteiger partial charge >= 0.3 is 0 Å². The monoisotopic (exact) mass is 252 g/mol. The second-order valence-electron chi connectivity index (χ2n) is 2.90. The molecule has 3 heterocycles. The van der Waals surface area contributed by atoms with Crippen molar-refractivity contribution >= 4 is 0 Å². The molecule has 3 aromatic rings. The first-order chi connectivity index (χ1) is 8.68. The lowest BCUT2D eigenvalue weighted by molar-refractivity contribution is 1.06. The van der Waals surface area contributed by atoms with Gasteiger partial charge in [-0.1, -0.05) is 0 Å². The van der Waals surface area contributed by atoms with Crippen LogP contribution < -0.4 is 16.7 Å². The summed E-state index contributed by atoms with van der Waals surface area (Å²) in [5, 5.41) is 14.4. The van der Waals surface area contributed by atoms with E-state index in [-0.39, 0.29) is 16.7 Å².